The van der Waals surface area contributed by atoms with E-state index in [1.165, 1.54) is 0 Å². The lowest BCUT2D eigenvalue weighted by Crippen LogP contribution is -2.48. The van der Waals surface area contributed by atoms with Gasteiger partial charge in [-0.3, -0.25) is 9.69 Å². The Morgan fingerprint density at radius 1 is 1.03 bits per heavy atom. The van der Waals surface area contributed by atoms with Crippen molar-refractivity contribution in [3.05, 3.63) is 77.3 Å². The van der Waals surface area contributed by atoms with Crippen LogP contribution in [0.4, 0.5) is 5.82 Å². The van der Waals surface area contributed by atoms with Crippen LogP contribution in [0.3, 0.4) is 0 Å². The first-order chi connectivity index (χ1) is 16.0. The molecule has 33 heavy (non-hydrogen) atoms. The highest BCUT2D eigenvalue weighted by Crippen LogP contribution is 2.21. The number of para-hydroxylation sites is 1. The number of nitrogens with zero attached hydrogens (tertiary/aromatic N) is 5. The lowest BCUT2D eigenvalue weighted by Gasteiger charge is -2.34. The molecule has 5 rings (SSSR count). The quantitative estimate of drug-likeness (QED) is 0.508. The van der Waals surface area contributed by atoms with Crippen molar-refractivity contribution in [3.8, 4) is 0 Å². The topological polar surface area (TPSA) is 93.4 Å². The Bertz CT molecular complexity index is 1290. The van der Waals surface area contributed by atoms with Crippen LogP contribution in [0.5, 0.6) is 0 Å². The highest BCUT2D eigenvalue weighted by atomic mass is 16.3. The third-order valence-electron chi connectivity index (χ3n) is 6.40. The third kappa shape index (κ3) is 4.21. The molecule has 0 unspecified atom stereocenters. The number of benzene rings is 1. The second-order valence-corrected chi connectivity index (χ2v) is 8.56. The molecule has 4 aromatic rings. The van der Waals surface area contributed by atoms with E-state index in [9.17, 15) is 4.79 Å². The van der Waals surface area contributed by atoms with E-state index in [2.05, 4.69) is 19.4 Å². The number of nitrogens with two attached hydrogens (primary N) is 1. The van der Waals surface area contributed by atoms with Gasteiger partial charge in [-0.2, -0.15) is 0 Å². The van der Waals surface area contributed by atoms with Crippen molar-refractivity contribution in [2.75, 3.05) is 31.9 Å². The van der Waals surface area contributed by atoms with Crippen LogP contribution in [-0.2, 0) is 13.1 Å². The summed E-state index contributed by atoms with van der Waals surface area (Å²) in [6.07, 6.45) is 1.67. The Labute approximate surface area is 192 Å². The number of carbonyl (C=O) groups excluding carboxylic acids is 1. The summed E-state index contributed by atoms with van der Waals surface area (Å²) >= 11 is 0. The maximum Gasteiger partial charge on any atom is 0.255 e. The molecule has 1 amide bonds. The molecule has 0 radical (unpaired) electrons. The van der Waals surface area contributed by atoms with Crippen LogP contribution in [0, 0.1) is 13.8 Å². The zero-order valence-electron chi connectivity index (χ0n) is 19.0. The van der Waals surface area contributed by atoms with Crippen LogP contribution in [0.25, 0.3) is 10.9 Å². The first kappa shape index (κ1) is 21.2. The largest absolute Gasteiger partial charge is 0.467 e. The van der Waals surface area contributed by atoms with E-state index in [1.807, 2.05) is 61.2 Å². The van der Waals surface area contributed by atoms with Gasteiger partial charge in [-0.25, -0.2) is 9.97 Å². The number of nitrogen functional groups attached to an aromatic ring is 1. The van der Waals surface area contributed by atoms with E-state index in [4.69, 9.17) is 10.2 Å². The van der Waals surface area contributed by atoms with E-state index in [1.54, 1.807) is 6.26 Å². The second-order valence-electron chi connectivity index (χ2n) is 8.56. The van der Waals surface area contributed by atoms with E-state index < -0.39 is 0 Å². The monoisotopic (exact) mass is 444 g/mol. The van der Waals surface area contributed by atoms with Gasteiger partial charge in [0, 0.05) is 43.0 Å². The third-order valence-corrected chi connectivity index (χ3v) is 6.40. The summed E-state index contributed by atoms with van der Waals surface area (Å²) in [7, 11) is 0. The number of anilines is 1. The molecule has 0 aliphatic carbocycles. The van der Waals surface area contributed by atoms with Crippen molar-refractivity contribution in [2.24, 2.45) is 0 Å². The van der Waals surface area contributed by atoms with Crippen molar-refractivity contribution in [2.45, 2.75) is 26.9 Å². The fraction of sp³-hybridized carbons (Fsp3) is 0.320. The number of furan rings is 1. The number of carbonyl (C=O) groups is 1. The highest BCUT2D eigenvalue weighted by molar-refractivity contribution is 5.95. The van der Waals surface area contributed by atoms with Gasteiger partial charge in [0.1, 0.15) is 17.4 Å². The molecule has 0 atom stereocenters. The molecular weight excluding hydrogens is 416 g/mol. The first-order valence-corrected chi connectivity index (χ1v) is 11.2. The Kier molecular flexibility index (Phi) is 5.60. The van der Waals surface area contributed by atoms with Crippen molar-refractivity contribution < 1.29 is 9.21 Å². The average Bonchev–Trinajstić information content (AvgIpc) is 3.43. The zero-order valence-corrected chi connectivity index (χ0v) is 19.0. The summed E-state index contributed by atoms with van der Waals surface area (Å²) in [4.78, 5) is 26.6. The molecule has 0 spiro atoms. The predicted molar refractivity (Wildman–Crippen MR) is 127 cm³/mol. The standard InChI is InChI=1S/C25H28N6O2/c1-17-14-21(18(2)31(17)15-19-6-5-13-33-19)25(32)30-11-9-29(10-12-30)16-23-27-22-8-4-3-7-20(22)24(26)28-23/h3-8,13-14H,9-12,15-16H2,1-2H3,(H2,26,27,28). The minimum Gasteiger partial charge on any atom is -0.467 e. The van der Waals surface area contributed by atoms with Gasteiger partial charge in [-0.15, -0.1) is 0 Å². The van der Waals surface area contributed by atoms with Crippen LogP contribution in [0.2, 0.25) is 0 Å². The van der Waals surface area contributed by atoms with Crippen LogP contribution in [-0.4, -0.2) is 56.4 Å². The first-order valence-electron chi connectivity index (χ1n) is 11.2. The van der Waals surface area contributed by atoms with E-state index in [0.29, 0.717) is 37.8 Å². The Balaban J connectivity index is 1.24. The minimum absolute atomic E-state index is 0.0830. The molecule has 2 N–H and O–H groups in total. The molecule has 1 aliphatic rings. The van der Waals surface area contributed by atoms with Gasteiger partial charge in [-0.05, 0) is 44.2 Å². The van der Waals surface area contributed by atoms with Gasteiger partial charge in [0.05, 0.1) is 30.4 Å². The fourth-order valence-corrected chi connectivity index (χ4v) is 4.52. The number of amides is 1. The van der Waals surface area contributed by atoms with Crippen LogP contribution in [0.15, 0.2) is 53.1 Å². The number of hydrogen-bond acceptors (Lipinski definition) is 6. The molecule has 3 aromatic heterocycles. The number of aromatic nitrogens is 3. The van der Waals surface area contributed by atoms with Crippen molar-refractivity contribution in [1.82, 2.24) is 24.3 Å². The zero-order chi connectivity index (χ0) is 22.9. The van der Waals surface area contributed by atoms with Crippen molar-refractivity contribution >= 4 is 22.6 Å². The molecule has 170 valence electrons. The summed E-state index contributed by atoms with van der Waals surface area (Å²) < 4.78 is 7.61. The molecule has 1 fully saturated rings. The summed E-state index contributed by atoms with van der Waals surface area (Å²) in [6.45, 7) is 8.16. The van der Waals surface area contributed by atoms with E-state index in [0.717, 1.165) is 46.7 Å². The van der Waals surface area contributed by atoms with Crippen molar-refractivity contribution in [1.29, 1.82) is 0 Å². The molecule has 1 aromatic carbocycles. The Morgan fingerprint density at radius 3 is 2.58 bits per heavy atom. The van der Waals surface area contributed by atoms with Gasteiger partial charge in [0.2, 0.25) is 0 Å². The molecule has 0 bridgehead atoms. The molecule has 0 saturated carbocycles. The highest BCUT2D eigenvalue weighted by Gasteiger charge is 2.26. The molecular formula is C25H28N6O2. The Morgan fingerprint density at radius 2 is 1.82 bits per heavy atom. The maximum atomic E-state index is 13.3. The molecule has 8 heteroatoms. The maximum absolute atomic E-state index is 13.3. The van der Waals surface area contributed by atoms with Crippen LogP contribution >= 0.6 is 0 Å². The number of rotatable bonds is 5. The van der Waals surface area contributed by atoms with Crippen molar-refractivity contribution in [3.63, 3.8) is 0 Å². The molecule has 8 nitrogen and oxygen atoms in total. The van der Waals surface area contributed by atoms with Gasteiger partial charge in [-0.1, -0.05) is 12.1 Å². The number of hydrogen-bond donors (Lipinski definition) is 1. The Hall–Kier alpha value is -3.65. The van der Waals surface area contributed by atoms with Gasteiger partial charge >= 0.3 is 0 Å². The SMILES string of the molecule is Cc1cc(C(=O)N2CCN(Cc3nc(N)c4ccccc4n3)CC2)c(C)n1Cc1ccco1. The van der Waals surface area contributed by atoms with E-state index >= 15 is 0 Å². The summed E-state index contributed by atoms with van der Waals surface area (Å²) in [5.74, 6) is 2.18. The molecule has 4 heterocycles. The normalized spacial score (nSPS) is 14.8. The number of aryl methyl sites for hydroxylation is 1. The summed E-state index contributed by atoms with van der Waals surface area (Å²) in [5, 5.41) is 0.876. The van der Waals surface area contributed by atoms with Crippen LogP contribution < -0.4 is 5.73 Å². The van der Waals surface area contributed by atoms with Crippen LogP contribution in [0.1, 0.15) is 33.3 Å². The number of piperazine rings is 1. The van der Waals surface area contributed by atoms with Gasteiger partial charge in [0.25, 0.3) is 5.91 Å². The van der Waals surface area contributed by atoms with Gasteiger partial charge < -0.3 is 19.6 Å². The minimum atomic E-state index is 0.0830. The summed E-state index contributed by atoms with van der Waals surface area (Å²) in [6, 6.07) is 13.6. The molecule has 1 aliphatic heterocycles. The predicted octanol–water partition coefficient (Wildman–Crippen LogP) is 3.23. The lowest BCUT2D eigenvalue weighted by atomic mass is 10.2. The molecule has 1 saturated heterocycles. The average molecular weight is 445 g/mol. The summed E-state index contributed by atoms with van der Waals surface area (Å²) in [5.41, 5.74) is 9.77. The fourth-order valence-electron chi connectivity index (χ4n) is 4.52. The lowest BCUT2D eigenvalue weighted by molar-refractivity contribution is 0.0625. The van der Waals surface area contributed by atoms with E-state index in [-0.39, 0.29) is 5.91 Å². The second kappa shape index (κ2) is 8.71. The number of fused-ring (bicyclic) bond motifs is 1. The smallest absolute Gasteiger partial charge is 0.255 e. The van der Waals surface area contributed by atoms with Gasteiger partial charge in [0.15, 0.2) is 0 Å².